The topological polar surface area (TPSA) is 58.4 Å². The summed E-state index contributed by atoms with van der Waals surface area (Å²) < 4.78 is 14.8. The fourth-order valence-electron chi connectivity index (χ4n) is 3.60. The number of carbonyl (C=O) groups excluding carboxylic acids is 2. The second-order valence-electron chi connectivity index (χ2n) is 6.43. The molecule has 1 fully saturated rings. The van der Waals surface area contributed by atoms with Crippen LogP contribution in [0.4, 0.5) is 10.2 Å². The second-order valence-corrected chi connectivity index (χ2v) is 6.43. The molecule has 0 bridgehead atoms. The molecule has 1 amide bonds. The van der Waals surface area contributed by atoms with E-state index in [0.717, 1.165) is 5.82 Å². The van der Waals surface area contributed by atoms with Gasteiger partial charge in [0.05, 0.1) is 11.9 Å². The fourth-order valence-corrected chi connectivity index (χ4v) is 3.60. The summed E-state index contributed by atoms with van der Waals surface area (Å²) in [6.45, 7) is 2.51. The van der Waals surface area contributed by atoms with Crippen LogP contribution >= 0.6 is 0 Å². The first-order chi connectivity index (χ1) is 12.1. The van der Waals surface area contributed by atoms with Crippen LogP contribution in [0.2, 0.25) is 0 Å². The Kier molecular flexibility index (Phi) is 3.99. The number of hydrogen-bond donors (Lipinski definition) is 0. The van der Waals surface area contributed by atoms with E-state index < -0.39 is 0 Å². The van der Waals surface area contributed by atoms with Gasteiger partial charge in [-0.25, -0.2) is 9.37 Å². The quantitative estimate of drug-likeness (QED) is 0.836. The smallest absolute Gasteiger partial charge is 0.245 e. The molecule has 6 nitrogen and oxygen atoms in total. The zero-order valence-electron chi connectivity index (χ0n) is 13.8. The molecule has 0 aromatic carbocycles. The number of carbonyl (C=O) groups is 2. The number of piperazine rings is 1. The van der Waals surface area contributed by atoms with Crippen LogP contribution in [0.5, 0.6) is 0 Å². The van der Waals surface area contributed by atoms with Crippen LogP contribution in [0.1, 0.15) is 29.4 Å². The number of Topliss-reactive ketones (excluding diaryl/α,β-unsaturated/α-hetero) is 1. The lowest BCUT2D eigenvalue weighted by atomic mass is 10.0. The predicted octanol–water partition coefficient (Wildman–Crippen LogP) is 1.89. The van der Waals surface area contributed by atoms with E-state index in [-0.39, 0.29) is 23.5 Å². The van der Waals surface area contributed by atoms with Gasteiger partial charge in [-0.3, -0.25) is 9.59 Å². The normalized spacial score (nSPS) is 20.5. The van der Waals surface area contributed by atoms with Crippen molar-refractivity contribution in [2.24, 2.45) is 0 Å². The van der Waals surface area contributed by atoms with Crippen LogP contribution in [0.15, 0.2) is 36.7 Å². The number of aromatic nitrogens is 2. The highest BCUT2D eigenvalue weighted by atomic mass is 19.1. The largest absolute Gasteiger partial charge is 0.353 e. The zero-order valence-corrected chi connectivity index (χ0v) is 13.8. The van der Waals surface area contributed by atoms with Crippen LogP contribution in [0.25, 0.3) is 0 Å². The molecule has 2 aliphatic rings. The van der Waals surface area contributed by atoms with E-state index in [0.29, 0.717) is 44.7 Å². The van der Waals surface area contributed by atoms with Gasteiger partial charge < -0.3 is 14.4 Å². The molecule has 0 spiro atoms. The molecule has 7 heteroatoms. The summed E-state index contributed by atoms with van der Waals surface area (Å²) in [6.07, 6.45) is 3.99. The Morgan fingerprint density at radius 1 is 1.16 bits per heavy atom. The van der Waals surface area contributed by atoms with Crippen LogP contribution < -0.4 is 4.90 Å². The summed E-state index contributed by atoms with van der Waals surface area (Å²) in [7, 11) is 0. The monoisotopic (exact) mass is 342 g/mol. The standard InChI is InChI=1S/C18H19FN4O2/c19-13-3-6-17(20-12-13)21-8-10-22(11-9-21)18(25)15-4-5-16(24)14-2-1-7-23(14)15/h1-3,6-7,12,15H,4-5,8-11H2/t15-/m0/s1. The number of halogens is 1. The van der Waals surface area contributed by atoms with E-state index in [2.05, 4.69) is 9.88 Å². The Morgan fingerprint density at radius 2 is 1.96 bits per heavy atom. The lowest BCUT2D eigenvalue weighted by Gasteiger charge is -2.38. The number of fused-ring (bicyclic) bond motifs is 1. The Hall–Kier alpha value is -2.70. The van der Waals surface area contributed by atoms with Gasteiger partial charge in [-0.2, -0.15) is 0 Å². The van der Waals surface area contributed by atoms with Gasteiger partial charge in [-0.05, 0) is 30.7 Å². The van der Waals surface area contributed by atoms with E-state index in [1.54, 1.807) is 12.1 Å². The molecule has 0 unspecified atom stereocenters. The van der Waals surface area contributed by atoms with Crippen molar-refractivity contribution < 1.29 is 14.0 Å². The van der Waals surface area contributed by atoms with Crippen molar-refractivity contribution in [3.05, 3.63) is 48.2 Å². The van der Waals surface area contributed by atoms with E-state index >= 15 is 0 Å². The van der Waals surface area contributed by atoms with Gasteiger partial charge in [0, 0.05) is 38.8 Å². The van der Waals surface area contributed by atoms with Crippen molar-refractivity contribution >= 4 is 17.5 Å². The summed E-state index contributed by atoms with van der Waals surface area (Å²) in [5.74, 6) is 0.536. The number of pyridine rings is 1. The summed E-state index contributed by atoms with van der Waals surface area (Å²) in [4.78, 5) is 32.8. The summed E-state index contributed by atoms with van der Waals surface area (Å²) in [5, 5.41) is 0. The predicted molar refractivity (Wildman–Crippen MR) is 90.0 cm³/mol. The molecule has 0 saturated carbocycles. The Labute approximate surface area is 144 Å². The van der Waals surface area contributed by atoms with Gasteiger partial charge in [-0.15, -0.1) is 0 Å². The SMILES string of the molecule is O=C1CC[C@@H](C(=O)N2CCN(c3ccc(F)cn3)CC2)n2cccc21. The maximum atomic E-state index is 13.0. The minimum Gasteiger partial charge on any atom is -0.353 e. The first-order valence-electron chi connectivity index (χ1n) is 8.49. The average Bonchev–Trinajstić information content (AvgIpc) is 3.13. The molecule has 25 heavy (non-hydrogen) atoms. The maximum absolute atomic E-state index is 13.0. The minimum absolute atomic E-state index is 0.0664. The molecule has 4 heterocycles. The third kappa shape index (κ3) is 2.90. The van der Waals surface area contributed by atoms with Gasteiger partial charge in [0.2, 0.25) is 5.91 Å². The van der Waals surface area contributed by atoms with Crippen molar-refractivity contribution in [3.63, 3.8) is 0 Å². The Balaban J connectivity index is 1.43. The van der Waals surface area contributed by atoms with Gasteiger partial charge in [0.1, 0.15) is 17.7 Å². The highest BCUT2D eigenvalue weighted by molar-refractivity contribution is 5.97. The highest BCUT2D eigenvalue weighted by Gasteiger charge is 2.33. The number of anilines is 1. The van der Waals surface area contributed by atoms with Crippen LogP contribution in [0, 0.1) is 5.82 Å². The number of nitrogens with zero attached hydrogens (tertiary/aromatic N) is 4. The number of amides is 1. The second kappa shape index (κ2) is 6.31. The lowest BCUT2D eigenvalue weighted by molar-refractivity contribution is -0.135. The van der Waals surface area contributed by atoms with Crippen LogP contribution in [-0.4, -0.2) is 52.3 Å². The minimum atomic E-state index is -0.355. The van der Waals surface area contributed by atoms with E-state index in [1.807, 2.05) is 21.7 Å². The van der Waals surface area contributed by atoms with Gasteiger partial charge in [0.15, 0.2) is 5.78 Å². The first-order valence-corrected chi connectivity index (χ1v) is 8.49. The lowest BCUT2D eigenvalue weighted by Crippen LogP contribution is -2.51. The molecule has 0 radical (unpaired) electrons. The molecule has 4 rings (SSSR count). The molecule has 130 valence electrons. The molecule has 2 aromatic rings. The first kappa shape index (κ1) is 15.8. The van der Waals surface area contributed by atoms with Crippen molar-refractivity contribution in [2.75, 3.05) is 31.1 Å². The summed E-state index contributed by atoms with van der Waals surface area (Å²) >= 11 is 0. The number of ketones is 1. The molecule has 0 aliphatic carbocycles. The van der Waals surface area contributed by atoms with E-state index in [4.69, 9.17) is 0 Å². The summed E-state index contributed by atoms with van der Waals surface area (Å²) in [6, 6.07) is 6.35. The number of hydrogen-bond acceptors (Lipinski definition) is 4. The molecular weight excluding hydrogens is 323 g/mol. The van der Waals surface area contributed by atoms with Gasteiger partial charge >= 0.3 is 0 Å². The third-order valence-corrected chi connectivity index (χ3v) is 4.96. The molecule has 2 aromatic heterocycles. The highest BCUT2D eigenvalue weighted by Crippen LogP contribution is 2.27. The van der Waals surface area contributed by atoms with E-state index in [1.165, 1.54) is 12.3 Å². The van der Waals surface area contributed by atoms with Crippen molar-refractivity contribution in [2.45, 2.75) is 18.9 Å². The molecular formula is C18H19FN4O2. The maximum Gasteiger partial charge on any atom is 0.245 e. The average molecular weight is 342 g/mol. The zero-order chi connectivity index (χ0) is 17.4. The molecule has 1 saturated heterocycles. The Morgan fingerprint density at radius 3 is 2.68 bits per heavy atom. The van der Waals surface area contributed by atoms with Crippen LogP contribution in [-0.2, 0) is 4.79 Å². The number of rotatable bonds is 2. The summed E-state index contributed by atoms with van der Waals surface area (Å²) in [5.41, 5.74) is 0.624. The van der Waals surface area contributed by atoms with Crippen LogP contribution in [0.3, 0.4) is 0 Å². The molecule has 0 N–H and O–H groups in total. The third-order valence-electron chi connectivity index (χ3n) is 4.96. The Bertz CT molecular complexity index is 794. The van der Waals surface area contributed by atoms with Crippen molar-refractivity contribution in [1.29, 1.82) is 0 Å². The fraction of sp³-hybridized carbons (Fsp3) is 0.389. The van der Waals surface area contributed by atoms with Gasteiger partial charge in [-0.1, -0.05) is 0 Å². The molecule has 2 aliphatic heterocycles. The van der Waals surface area contributed by atoms with Crippen molar-refractivity contribution in [1.82, 2.24) is 14.5 Å². The van der Waals surface area contributed by atoms with Gasteiger partial charge in [0.25, 0.3) is 0 Å². The molecule has 1 atom stereocenters. The van der Waals surface area contributed by atoms with E-state index in [9.17, 15) is 14.0 Å². The van der Waals surface area contributed by atoms with Crippen molar-refractivity contribution in [3.8, 4) is 0 Å².